The van der Waals surface area contributed by atoms with Crippen LogP contribution in [0.4, 0.5) is 4.39 Å². The predicted molar refractivity (Wildman–Crippen MR) is 99.1 cm³/mol. The number of hydrogen-bond donors (Lipinski definition) is 1. The number of hydrogen-bond acceptors (Lipinski definition) is 3. The van der Waals surface area contributed by atoms with Gasteiger partial charge in [0.15, 0.2) is 0 Å². The van der Waals surface area contributed by atoms with Crippen molar-refractivity contribution in [3.05, 3.63) is 65.0 Å². The Hall–Kier alpha value is -1.92. The lowest BCUT2D eigenvalue weighted by Crippen LogP contribution is -2.21. The lowest BCUT2D eigenvalue weighted by Gasteiger charge is -2.10. The second-order valence-corrected chi connectivity index (χ2v) is 7.73. The molecule has 0 saturated carbocycles. The highest BCUT2D eigenvalue weighted by atomic mass is 35.5. The molecule has 0 aliphatic heterocycles. The minimum Gasteiger partial charge on any atom is -0.207 e. The third-order valence-electron chi connectivity index (χ3n) is 3.66. The van der Waals surface area contributed by atoms with Crippen molar-refractivity contribution in [2.75, 3.05) is 5.88 Å². The normalized spacial score (nSPS) is 12.2. The Morgan fingerprint density at radius 3 is 2.48 bits per heavy atom. The van der Waals surface area contributed by atoms with Crippen molar-refractivity contribution in [1.82, 2.24) is 4.83 Å². The Labute approximate surface area is 152 Å². The summed E-state index contributed by atoms with van der Waals surface area (Å²) in [5.74, 6) is 0.0562. The first-order chi connectivity index (χ1) is 11.8. The van der Waals surface area contributed by atoms with Crippen molar-refractivity contribution in [3.63, 3.8) is 0 Å². The van der Waals surface area contributed by atoms with Crippen LogP contribution in [0, 0.1) is 19.7 Å². The summed E-state index contributed by atoms with van der Waals surface area (Å²) in [7, 11) is -3.79. The molecule has 0 aliphatic rings. The van der Waals surface area contributed by atoms with Gasteiger partial charge in [-0.3, -0.25) is 0 Å². The molecule has 0 fully saturated rings. The molecule has 0 saturated heterocycles. The van der Waals surface area contributed by atoms with Crippen LogP contribution in [-0.4, -0.2) is 20.0 Å². The SMILES string of the molecule is Cc1ccc(C)c(S(=O)(=O)N/N=C(/CCCCl)c2ccc(F)cc2)c1. The first-order valence-corrected chi connectivity index (χ1v) is 9.83. The Morgan fingerprint density at radius 1 is 1.16 bits per heavy atom. The molecule has 0 aromatic heterocycles. The maximum absolute atomic E-state index is 13.1. The highest BCUT2D eigenvalue weighted by Gasteiger charge is 2.17. The number of nitrogens with one attached hydrogen (secondary N) is 1. The average molecular weight is 383 g/mol. The van der Waals surface area contributed by atoms with Crippen LogP contribution in [-0.2, 0) is 10.0 Å². The molecule has 2 rings (SSSR count). The number of rotatable bonds is 7. The van der Waals surface area contributed by atoms with E-state index >= 15 is 0 Å². The van der Waals surface area contributed by atoms with Crippen LogP contribution < -0.4 is 4.83 Å². The number of benzene rings is 2. The molecule has 2 aromatic carbocycles. The Bertz CT molecular complexity index is 865. The number of alkyl halides is 1. The summed E-state index contributed by atoms with van der Waals surface area (Å²) in [5.41, 5.74) is 2.64. The second-order valence-electron chi connectivity index (χ2n) is 5.72. The summed E-state index contributed by atoms with van der Waals surface area (Å²) in [6, 6.07) is 11.0. The van der Waals surface area contributed by atoms with Gasteiger partial charge in [-0.05, 0) is 61.6 Å². The van der Waals surface area contributed by atoms with Crippen molar-refractivity contribution >= 4 is 27.3 Å². The molecular formula is C18H20ClFN2O2S. The van der Waals surface area contributed by atoms with E-state index in [1.54, 1.807) is 31.2 Å². The molecule has 7 heteroatoms. The lowest BCUT2D eigenvalue weighted by atomic mass is 10.1. The highest BCUT2D eigenvalue weighted by Crippen LogP contribution is 2.17. The third-order valence-corrected chi connectivity index (χ3v) is 5.28. The average Bonchev–Trinajstić information content (AvgIpc) is 2.58. The van der Waals surface area contributed by atoms with Crippen LogP contribution in [0.5, 0.6) is 0 Å². The van der Waals surface area contributed by atoms with Crippen LogP contribution in [0.1, 0.15) is 29.5 Å². The molecule has 0 bridgehead atoms. The largest absolute Gasteiger partial charge is 0.276 e. The van der Waals surface area contributed by atoms with Gasteiger partial charge in [0.1, 0.15) is 5.82 Å². The van der Waals surface area contributed by atoms with Gasteiger partial charge in [-0.1, -0.05) is 24.3 Å². The van der Waals surface area contributed by atoms with Gasteiger partial charge in [0.05, 0.1) is 10.6 Å². The fourth-order valence-corrected chi connectivity index (χ4v) is 3.60. The van der Waals surface area contributed by atoms with Crippen LogP contribution in [0.15, 0.2) is 52.5 Å². The van der Waals surface area contributed by atoms with Crippen LogP contribution >= 0.6 is 11.6 Å². The second kappa shape index (κ2) is 8.45. The summed E-state index contributed by atoms with van der Waals surface area (Å²) < 4.78 is 38.2. The fourth-order valence-electron chi connectivity index (χ4n) is 2.30. The summed E-state index contributed by atoms with van der Waals surface area (Å²) >= 11 is 5.73. The van der Waals surface area contributed by atoms with Crippen LogP contribution in [0.2, 0.25) is 0 Å². The van der Waals surface area contributed by atoms with Gasteiger partial charge >= 0.3 is 0 Å². The number of aryl methyl sites for hydroxylation is 2. The summed E-state index contributed by atoms with van der Waals surface area (Å²) in [6.45, 7) is 3.55. The first kappa shape index (κ1) is 19.4. The van der Waals surface area contributed by atoms with Gasteiger partial charge in [-0.15, -0.1) is 11.6 Å². The Morgan fingerprint density at radius 2 is 1.84 bits per heavy atom. The number of halogens is 2. The van der Waals surface area contributed by atoms with Crippen LogP contribution in [0.3, 0.4) is 0 Å². The molecule has 0 aliphatic carbocycles. The molecule has 2 aromatic rings. The van der Waals surface area contributed by atoms with E-state index in [1.165, 1.54) is 12.1 Å². The van der Waals surface area contributed by atoms with E-state index in [2.05, 4.69) is 9.93 Å². The van der Waals surface area contributed by atoms with Gasteiger partial charge in [-0.2, -0.15) is 18.4 Å². The van der Waals surface area contributed by atoms with Gasteiger partial charge < -0.3 is 0 Å². The molecule has 4 nitrogen and oxygen atoms in total. The van der Waals surface area contributed by atoms with E-state index < -0.39 is 10.0 Å². The topological polar surface area (TPSA) is 58.5 Å². The van der Waals surface area contributed by atoms with Crippen molar-refractivity contribution in [3.8, 4) is 0 Å². The van der Waals surface area contributed by atoms with Crippen LogP contribution in [0.25, 0.3) is 0 Å². The van der Waals surface area contributed by atoms with Crippen molar-refractivity contribution < 1.29 is 12.8 Å². The fraction of sp³-hybridized carbons (Fsp3) is 0.278. The minimum absolute atomic E-state index is 0.187. The van der Waals surface area contributed by atoms with E-state index in [1.807, 2.05) is 13.0 Å². The Kier molecular flexibility index (Phi) is 6.56. The van der Waals surface area contributed by atoms with E-state index in [-0.39, 0.29) is 10.7 Å². The molecule has 25 heavy (non-hydrogen) atoms. The molecule has 0 radical (unpaired) electrons. The molecule has 0 amide bonds. The van der Waals surface area contributed by atoms with Crippen molar-refractivity contribution in [1.29, 1.82) is 0 Å². The minimum atomic E-state index is -3.79. The zero-order chi connectivity index (χ0) is 18.4. The number of nitrogens with zero attached hydrogens (tertiary/aromatic N) is 1. The summed E-state index contributed by atoms with van der Waals surface area (Å²) in [6.07, 6.45) is 1.10. The molecule has 134 valence electrons. The number of sulfonamides is 1. The van der Waals surface area contributed by atoms with Crippen molar-refractivity contribution in [2.45, 2.75) is 31.6 Å². The highest BCUT2D eigenvalue weighted by molar-refractivity contribution is 7.89. The lowest BCUT2D eigenvalue weighted by molar-refractivity contribution is 0.583. The monoisotopic (exact) mass is 382 g/mol. The quantitative estimate of drug-likeness (QED) is 0.444. The third kappa shape index (κ3) is 5.28. The van der Waals surface area contributed by atoms with E-state index in [0.29, 0.717) is 35.6 Å². The number of hydrazone groups is 1. The summed E-state index contributed by atoms with van der Waals surface area (Å²) in [4.78, 5) is 2.48. The van der Waals surface area contributed by atoms with E-state index in [0.717, 1.165) is 5.56 Å². The molecule has 0 heterocycles. The van der Waals surface area contributed by atoms with Crippen molar-refractivity contribution in [2.24, 2.45) is 5.10 Å². The molecule has 0 unspecified atom stereocenters. The molecule has 1 N–H and O–H groups in total. The zero-order valence-electron chi connectivity index (χ0n) is 14.1. The molecule has 0 atom stereocenters. The standard InChI is InChI=1S/C18H20ClFN2O2S/c1-13-5-6-14(2)18(12-13)25(23,24)22-21-17(4-3-11-19)15-7-9-16(20)10-8-15/h5-10,12,22H,3-4,11H2,1-2H3/b21-17-. The van der Waals surface area contributed by atoms with Gasteiger partial charge in [0.25, 0.3) is 10.0 Å². The maximum Gasteiger partial charge on any atom is 0.276 e. The Balaban J connectivity index is 2.33. The maximum atomic E-state index is 13.1. The van der Waals surface area contributed by atoms with E-state index in [9.17, 15) is 12.8 Å². The predicted octanol–water partition coefficient (Wildman–Crippen LogP) is 4.14. The molecule has 0 spiro atoms. The van der Waals surface area contributed by atoms with Gasteiger partial charge in [0, 0.05) is 5.88 Å². The molecular weight excluding hydrogens is 363 g/mol. The van der Waals surface area contributed by atoms with E-state index in [4.69, 9.17) is 11.6 Å². The zero-order valence-corrected chi connectivity index (χ0v) is 15.7. The van der Waals surface area contributed by atoms with Gasteiger partial charge in [-0.25, -0.2) is 4.39 Å². The van der Waals surface area contributed by atoms with Gasteiger partial charge in [0.2, 0.25) is 0 Å². The smallest absolute Gasteiger partial charge is 0.207 e. The first-order valence-electron chi connectivity index (χ1n) is 7.81. The summed E-state index contributed by atoms with van der Waals surface area (Å²) in [5, 5.41) is 4.08.